The number of hydrogen-bond donors (Lipinski definition) is 3. The van der Waals surface area contributed by atoms with Crippen molar-refractivity contribution < 1.29 is 29.3 Å². The monoisotopic (exact) mass is 510 g/mol. The fourth-order valence-electron chi connectivity index (χ4n) is 3.74. The summed E-state index contributed by atoms with van der Waals surface area (Å²) in [4.78, 5) is 23.7. The Hall–Kier alpha value is -2.66. The first kappa shape index (κ1) is 28.6. The van der Waals surface area contributed by atoms with E-state index in [4.69, 9.17) is 9.47 Å². The van der Waals surface area contributed by atoms with Gasteiger partial charge in [-0.1, -0.05) is 76.5 Å². The van der Waals surface area contributed by atoms with Gasteiger partial charge in [-0.2, -0.15) is 5.01 Å². The normalized spacial score (nSPS) is 14.4. The predicted octanol–water partition coefficient (Wildman–Crippen LogP) is 5.47. The van der Waals surface area contributed by atoms with E-state index in [1.54, 1.807) is 18.2 Å². The third kappa shape index (κ3) is 9.14. The van der Waals surface area contributed by atoms with Gasteiger partial charge < -0.3 is 19.7 Å². The van der Waals surface area contributed by atoms with E-state index in [0.29, 0.717) is 23.7 Å². The van der Waals surface area contributed by atoms with E-state index in [1.165, 1.54) is 59.1 Å². The Bertz CT molecular complexity index is 853. The lowest BCUT2D eigenvalue weighted by Crippen LogP contribution is -2.45. The zero-order valence-corrected chi connectivity index (χ0v) is 21.7. The molecule has 0 aliphatic carbocycles. The van der Waals surface area contributed by atoms with Crippen molar-refractivity contribution in [1.82, 2.24) is 15.7 Å². The minimum absolute atomic E-state index is 0.00383. The van der Waals surface area contributed by atoms with Crippen LogP contribution in [0.5, 0.6) is 11.5 Å². The van der Waals surface area contributed by atoms with E-state index in [9.17, 15) is 19.8 Å². The van der Waals surface area contributed by atoms with Crippen molar-refractivity contribution in [2.45, 2.75) is 76.4 Å². The van der Waals surface area contributed by atoms with Crippen LogP contribution in [0, 0.1) is 0 Å². The van der Waals surface area contributed by atoms with E-state index >= 15 is 0 Å². The van der Waals surface area contributed by atoms with Crippen molar-refractivity contribution in [3.8, 4) is 11.5 Å². The molecule has 0 radical (unpaired) electrons. The third-order valence-corrected chi connectivity index (χ3v) is 6.82. The van der Waals surface area contributed by atoms with Crippen molar-refractivity contribution in [3.63, 3.8) is 0 Å². The number of thioether (sulfide) groups is 1. The van der Waals surface area contributed by atoms with Gasteiger partial charge in [0.25, 0.3) is 0 Å². The Labute approximate surface area is 211 Å². The van der Waals surface area contributed by atoms with Crippen molar-refractivity contribution in [2.75, 3.05) is 20.8 Å². The number of aliphatic carboxylic acids is 1. The van der Waals surface area contributed by atoms with Crippen LogP contribution in [0.25, 0.3) is 0 Å². The fraction of sp³-hybridized carbons (Fsp3) is 0.625. The highest BCUT2D eigenvalue weighted by molar-refractivity contribution is 8.14. The van der Waals surface area contributed by atoms with E-state index in [0.717, 1.165) is 41.2 Å². The lowest BCUT2D eigenvalue weighted by molar-refractivity contribution is -0.136. The smallest absolute Gasteiger partial charge is 0.430 e. The largest absolute Gasteiger partial charge is 0.497 e. The maximum atomic E-state index is 12.2. The van der Waals surface area contributed by atoms with Crippen LogP contribution >= 0.6 is 11.8 Å². The van der Waals surface area contributed by atoms with Crippen LogP contribution in [0.4, 0.5) is 4.79 Å². The molecule has 1 aromatic rings. The average molecular weight is 511 g/mol. The summed E-state index contributed by atoms with van der Waals surface area (Å²) in [7, 11) is 2.96. The van der Waals surface area contributed by atoms with Gasteiger partial charge in [0.05, 0.1) is 13.7 Å². The maximum Gasteiger partial charge on any atom is 0.430 e. The number of rotatable bonds is 16. The number of ether oxygens (including phenoxy) is 2. The highest BCUT2D eigenvalue weighted by Crippen LogP contribution is 2.39. The molecule has 1 unspecified atom stereocenters. The number of nitrogens with zero attached hydrogens (tertiary/aromatic N) is 3. The van der Waals surface area contributed by atoms with Crippen LogP contribution in [-0.4, -0.2) is 58.3 Å². The number of hydrazine groups is 2. The Balaban J connectivity index is 1.95. The quantitative estimate of drug-likeness (QED) is 0.248. The molecule has 2 rings (SSSR count). The fourth-order valence-corrected chi connectivity index (χ4v) is 4.75. The number of methoxy groups -OCH3 is 1. The van der Waals surface area contributed by atoms with Crippen molar-refractivity contribution in [1.29, 1.82) is 0 Å². The van der Waals surface area contributed by atoms with Gasteiger partial charge in [0.15, 0.2) is 0 Å². The highest BCUT2D eigenvalue weighted by Gasteiger charge is 2.35. The van der Waals surface area contributed by atoms with Gasteiger partial charge in [-0.05, 0) is 24.6 Å². The number of carboxylic acids is 1. The van der Waals surface area contributed by atoms with Crippen LogP contribution in [-0.2, 0) is 4.79 Å². The first-order valence-electron chi connectivity index (χ1n) is 12.2. The predicted molar refractivity (Wildman–Crippen MR) is 136 cm³/mol. The van der Waals surface area contributed by atoms with E-state index in [1.807, 2.05) is 0 Å². The number of benzene rings is 1. The summed E-state index contributed by atoms with van der Waals surface area (Å²) in [6.45, 7) is 2.70. The number of carboxylic acid groups (broad SMARTS) is 2. The summed E-state index contributed by atoms with van der Waals surface area (Å²) in [5.41, 5.74) is 2.89. The molecule has 0 fully saturated rings. The second-order valence-electron chi connectivity index (χ2n) is 8.38. The summed E-state index contributed by atoms with van der Waals surface area (Å²) in [6, 6.07) is 5.01. The number of unbranched alkanes of at least 4 members (excludes halogenated alkanes) is 9. The molecule has 0 saturated carbocycles. The zero-order chi connectivity index (χ0) is 25.6. The standard InChI is InChI=1S/C24H38N4O6S/c1-4-5-6-7-8-9-10-11-12-13-16-34-20-15-14-18(33-3)17-19(20)21(22(29)30)35-23-25-26-27(2)28(23)24(31)32/h14-15,17,21,26H,4-13,16H2,1-3H3,(H,29,30)(H,31,32). The zero-order valence-electron chi connectivity index (χ0n) is 20.9. The summed E-state index contributed by atoms with van der Waals surface area (Å²) in [5.74, 6) is -0.227. The molecule has 1 aliphatic heterocycles. The van der Waals surface area contributed by atoms with Crippen molar-refractivity contribution in [2.24, 2.45) is 5.10 Å². The molecular formula is C24H38N4O6S. The van der Waals surface area contributed by atoms with Crippen molar-refractivity contribution >= 4 is 29.0 Å². The van der Waals surface area contributed by atoms with Gasteiger partial charge >= 0.3 is 12.1 Å². The molecule has 3 N–H and O–H groups in total. The van der Waals surface area contributed by atoms with Gasteiger partial charge in [0.1, 0.15) is 16.7 Å². The van der Waals surface area contributed by atoms with Crippen LogP contribution in [0.1, 0.15) is 81.9 Å². The molecule has 35 heavy (non-hydrogen) atoms. The Kier molecular flexibility index (Phi) is 12.5. The number of nitrogens with one attached hydrogen (secondary N) is 1. The minimum atomic E-state index is -1.28. The Morgan fingerprint density at radius 3 is 2.26 bits per heavy atom. The number of hydrazone groups is 1. The molecule has 0 saturated heterocycles. The van der Waals surface area contributed by atoms with Gasteiger partial charge in [-0.15, -0.1) is 10.2 Å². The van der Waals surface area contributed by atoms with E-state index in [-0.39, 0.29) is 5.17 Å². The maximum absolute atomic E-state index is 12.2. The minimum Gasteiger partial charge on any atom is -0.497 e. The van der Waals surface area contributed by atoms with Gasteiger partial charge in [-0.25, -0.2) is 10.3 Å². The van der Waals surface area contributed by atoms with E-state index < -0.39 is 17.3 Å². The lowest BCUT2D eigenvalue weighted by Gasteiger charge is -2.22. The molecule has 1 aliphatic rings. The van der Waals surface area contributed by atoms with Gasteiger partial charge in [0.2, 0.25) is 5.17 Å². The SMILES string of the molecule is CCCCCCCCCCCCOc1ccc(OC)cc1C(SC1=NNN(C)N1C(=O)O)C(=O)O. The third-order valence-electron chi connectivity index (χ3n) is 5.66. The molecule has 196 valence electrons. The van der Waals surface area contributed by atoms with Crippen LogP contribution < -0.4 is 15.0 Å². The molecule has 0 bridgehead atoms. The van der Waals surface area contributed by atoms with Crippen LogP contribution in [0.3, 0.4) is 0 Å². The second-order valence-corrected chi connectivity index (χ2v) is 9.45. The molecule has 0 spiro atoms. The van der Waals surface area contributed by atoms with Crippen molar-refractivity contribution in [3.05, 3.63) is 23.8 Å². The molecule has 1 heterocycles. The second kappa shape index (κ2) is 15.4. The summed E-state index contributed by atoms with van der Waals surface area (Å²) in [5, 5.41) is 24.2. The van der Waals surface area contributed by atoms with Crippen LogP contribution in [0.2, 0.25) is 0 Å². The van der Waals surface area contributed by atoms with Gasteiger partial charge in [-0.3, -0.25) is 4.79 Å². The number of amidine groups is 1. The molecule has 1 aromatic carbocycles. The molecule has 0 aromatic heterocycles. The average Bonchev–Trinajstić information content (AvgIpc) is 3.21. The molecular weight excluding hydrogens is 472 g/mol. The number of hydrogen-bond acceptors (Lipinski definition) is 8. The first-order chi connectivity index (χ1) is 16.9. The summed E-state index contributed by atoms with van der Waals surface area (Å²) < 4.78 is 11.3. The van der Waals surface area contributed by atoms with Gasteiger partial charge in [0, 0.05) is 12.6 Å². The molecule has 1 atom stereocenters. The number of amides is 1. The molecule has 11 heteroatoms. The van der Waals surface area contributed by atoms with E-state index in [2.05, 4.69) is 17.6 Å². The topological polar surface area (TPSA) is 124 Å². The highest BCUT2D eigenvalue weighted by atomic mass is 32.2. The molecule has 10 nitrogen and oxygen atoms in total. The number of carbonyl (C=O) groups is 2. The lowest BCUT2D eigenvalue weighted by atomic mass is 10.1. The summed E-state index contributed by atoms with van der Waals surface area (Å²) in [6.07, 6.45) is 10.9. The Morgan fingerprint density at radius 1 is 1.06 bits per heavy atom. The first-order valence-corrected chi connectivity index (χ1v) is 13.1. The molecule has 1 amide bonds. The summed E-state index contributed by atoms with van der Waals surface area (Å²) >= 11 is 0.803. The van der Waals surface area contributed by atoms with Crippen LogP contribution in [0.15, 0.2) is 23.3 Å². The Morgan fingerprint density at radius 2 is 1.69 bits per heavy atom.